The van der Waals surface area contributed by atoms with Crippen molar-refractivity contribution in [1.29, 1.82) is 0 Å². The Balaban J connectivity index is 1.97. The quantitative estimate of drug-likeness (QED) is 0.689. The molecule has 0 aliphatic carbocycles. The molecule has 0 saturated carbocycles. The van der Waals surface area contributed by atoms with Crippen molar-refractivity contribution in [2.24, 2.45) is 0 Å². The van der Waals surface area contributed by atoms with E-state index < -0.39 is 0 Å². The van der Waals surface area contributed by atoms with Gasteiger partial charge in [0.1, 0.15) is 0 Å². The van der Waals surface area contributed by atoms with Gasteiger partial charge >= 0.3 is 0 Å². The molecule has 13 heavy (non-hydrogen) atoms. The smallest absolute Gasteiger partial charge is 0.0615 e. The van der Waals surface area contributed by atoms with Crippen LogP contribution in [-0.2, 0) is 4.74 Å². The predicted molar refractivity (Wildman–Crippen MR) is 52.9 cm³/mol. The van der Waals surface area contributed by atoms with Crippen LogP contribution in [0.1, 0.15) is 19.8 Å². The van der Waals surface area contributed by atoms with Crippen molar-refractivity contribution < 1.29 is 4.74 Å². The summed E-state index contributed by atoms with van der Waals surface area (Å²) in [5.74, 6) is 0. The number of ether oxygens (including phenoxy) is 1. The summed E-state index contributed by atoms with van der Waals surface area (Å²) in [5.41, 5.74) is 0.498. The van der Waals surface area contributed by atoms with Gasteiger partial charge in [0.05, 0.1) is 6.61 Å². The normalized spacial score (nSPS) is 29.1. The number of methoxy groups -OCH3 is 1. The lowest BCUT2D eigenvalue weighted by Crippen LogP contribution is -2.68. The Labute approximate surface area is 80.4 Å². The Morgan fingerprint density at radius 3 is 2.85 bits per heavy atom. The second-order valence-corrected chi connectivity index (χ2v) is 4.43. The Kier molecular flexibility index (Phi) is 2.58. The van der Waals surface area contributed by atoms with Gasteiger partial charge in [-0.05, 0) is 26.3 Å². The largest absolute Gasteiger partial charge is 0.383 e. The van der Waals surface area contributed by atoms with Gasteiger partial charge < -0.3 is 10.1 Å². The summed E-state index contributed by atoms with van der Waals surface area (Å²) < 4.78 is 5.22. The summed E-state index contributed by atoms with van der Waals surface area (Å²) in [6.45, 7) is 6.75. The van der Waals surface area contributed by atoms with Crippen LogP contribution >= 0.6 is 0 Å². The third-order valence-electron chi connectivity index (χ3n) is 3.50. The average Bonchev–Trinajstić information content (AvgIpc) is 2.46. The molecule has 2 saturated heterocycles. The first-order valence-corrected chi connectivity index (χ1v) is 5.25. The molecule has 0 amide bonds. The molecule has 0 aromatic heterocycles. The van der Waals surface area contributed by atoms with Crippen molar-refractivity contribution in [3.8, 4) is 0 Å². The minimum atomic E-state index is 0.498. The molecule has 1 N–H and O–H groups in total. The molecule has 2 rings (SSSR count). The molecule has 3 heteroatoms. The standard InChI is InChI=1S/C10H20N2O/c1-9(6-13-2)12-5-3-4-10(12)7-11-8-10/h9,11H,3-8H2,1-2H3. The first kappa shape index (κ1) is 9.44. The number of nitrogens with one attached hydrogen (secondary N) is 1. The van der Waals surface area contributed by atoms with Gasteiger partial charge in [-0.1, -0.05) is 0 Å². The molecule has 1 spiro atoms. The van der Waals surface area contributed by atoms with Crippen molar-refractivity contribution >= 4 is 0 Å². The van der Waals surface area contributed by atoms with E-state index in [4.69, 9.17) is 4.74 Å². The van der Waals surface area contributed by atoms with E-state index in [0.29, 0.717) is 11.6 Å². The third-order valence-corrected chi connectivity index (χ3v) is 3.50. The molecule has 76 valence electrons. The van der Waals surface area contributed by atoms with Crippen molar-refractivity contribution in [3.05, 3.63) is 0 Å². The van der Waals surface area contributed by atoms with Gasteiger partial charge in [-0.15, -0.1) is 0 Å². The van der Waals surface area contributed by atoms with Crippen LogP contribution in [0.4, 0.5) is 0 Å². The van der Waals surface area contributed by atoms with Gasteiger partial charge in [0, 0.05) is 31.8 Å². The van der Waals surface area contributed by atoms with Gasteiger partial charge in [-0.3, -0.25) is 4.90 Å². The van der Waals surface area contributed by atoms with Gasteiger partial charge in [-0.2, -0.15) is 0 Å². The molecule has 1 unspecified atom stereocenters. The van der Waals surface area contributed by atoms with Gasteiger partial charge in [-0.25, -0.2) is 0 Å². The Morgan fingerprint density at radius 1 is 1.54 bits per heavy atom. The van der Waals surface area contributed by atoms with E-state index in [1.807, 2.05) is 0 Å². The summed E-state index contributed by atoms with van der Waals surface area (Å²) in [5, 5.41) is 3.39. The lowest BCUT2D eigenvalue weighted by atomic mass is 9.88. The Hall–Kier alpha value is -0.120. The highest BCUT2D eigenvalue weighted by atomic mass is 16.5. The van der Waals surface area contributed by atoms with Gasteiger partial charge in [0.15, 0.2) is 0 Å². The molecule has 2 fully saturated rings. The lowest BCUT2D eigenvalue weighted by molar-refractivity contribution is 0.0133. The Morgan fingerprint density at radius 2 is 2.31 bits per heavy atom. The average molecular weight is 184 g/mol. The summed E-state index contributed by atoms with van der Waals surface area (Å²) in [4.78, 5) is 2.63. The van der Waals surface area contributed by atoms with Crippen LogP contribution in [0.15, 0.2) is 0 Å². The molecular formula is C10H20N2O. The maximum atomic E-state index is 5.22. The predicted octanol–water partition coefficient (Wildman–Crippen LogP) is 0.459. The monoisotopic (exact) mass is 184 g/mol. The van der Waals surface area contributed by atoms with Crippen LogP contribution in [0, 0.1) is 0 Å². The maximum absolute atomic E-state index is 5.22. The highest BCUT2D eigenvalue weighted by molar-refractivity contribution is 5.06. The molecule has 0 bridgehead atoms. The fourth-order valence-corrected chi connectivity index (χ4v) is 2.77. The zero-order valence-electron chi connectivity index (χ0n) is 8.68. The molecule has 2 heterocycles. The van der Waals surface area contributed by atoms with E-state index in [9.17, 15) is 0 Å². The first-order chi connectivity index (χ1) is 6.28. The Bertz CT molecular complexity index is 180. The van der Waals surface area contributed by atoms with E-state index >= 15 is 0 Å². The van der Waals surface area contributed by atoms with Crippen LogP contribution in [0.5, 0.6) is 0 Å². The van der Waals surface area contributed by atoms with Crippen molar-refractivity contribution in [3.63, 3.8) is 0 Å². The zero-order valence-corrected chi connectivity index (χ0v) is 8.68. The summed E-state index contributed by atoms with van der Waals surface area (Å²) >= 11 is 0. The maximum Gasteiger partial charge on any atom is 0.0615 e. The second-order valence-electron chi connectivity index (χ2n) is 4.43. The minimum Gasteiger partial charge on any atom is -0.383 e. The van der Waals surface area contributed by atoms with Crippen LogP contribution in [0.3, 0.4) is 0 Å². The van der Waals surface area contributed by atoms with Gasteiger partial charge in [0.25, 0.3) is 0 Å². The van der Waals surface area contributed by atoms with Crippen molar-refractivity contribution in [2.75, 3.05) is 33.4 Å². The minimum absolute atomic E-state index is 0.498. The summed E-state index contributed by atoms with van der Waals surface area (Å²) in [6, 6.07) is 0.578. The van der Waals surface area contributed by atoms with Crippen LogP contribution in [-0.4, -0.2) is 49.8 Å². The molecule has 0 radical (unpaired) electrons. The van der Waals surface area contributed by atoms with Crippen LogP contribution in [0.25, 0.3) is 0 Å². The summed E-state index contributed by atoms with van der Waals surface area (Å²) in [7, 11) is 1.79. The SMILES string of the molecule is COCC(C)N1CCCC12CNC2. The first-order valence-electron chi connectivity index (χ1n) is 5.25. The number of likely N-dealkylation sites (tertiary alicyclic amines) is 1. The van der Waals surface area contributed by atoms with Crippen LogP contribution in [0.2, 0.25) is 0 Å². The van der Waals surface area contributed by atoms with Crippen molar-refractivity contribution in [2.45, 2.75) is 31.3 Å². The lowest BCUT2D eigenvalue weighted by Gasteiger charge is -2.48. The zero-order chi connectivity index (χ0) is 9.31. The van der Waals surface area contributed by atoms with Gasteiger partial charge in [0.2, 0.25) is 0 Å². The molecule has 0 aromatic carbocycles. The van der Waals surface area contributed by atoms with E-state index in [-0.39, 0.29) is 0 Å². The van der Waals surface area contributed by atoms with E-state index in [1.165, 1.54) is 32.5 Å². The number of hydrogen-bond acceptors (Lipinski definition) is 3. The van der Waals surface area contributed by atoms with Crippen molar-refractivity contribution in [1.82, 2.24) is 10.2 Å². The van der Waals surface area contributed by atoms with E-state index in [1.54, 1.807) is 7.11 Å². The van der Waals surface area contributed by atoms with E-state index in [0.717, 1.165) is 6.61 Å². The van der Waals surface area contributed by atoms with Crippen LogP contribution < -0.4 is 5.32 Å². The highest BCUT2D eigenvalue weighted by Gasteiger charge is 2.47. The molecule has 2 aliphatic heterocycles. The second kappa shape index (κ2) is 3.56. The molecule has 0 aromatic rings. The topological polar surface area (TPSA) is 24.5 Å². The fourth-order valence-electron chi connectivity index (χ4n) is 2.77. The molecule has 3 nitrogen and oxygen atoms in total. The highest BCUT2D eigenvalue weighted by Crippen LogP contribution is 2.34. The van der Waals surface area contributed by atoms with E-state index in [2.05, 4.69) is 17.1 Å². The summed E-state index contributed by atoms with van der Waals surface area (Å²) in [6.07, 6.45) is 2.73. The third kappa shape index (κ3) is 1.49. The molecule has 2 aliphatic rings. The number of hydrogen-bond donors (Lipinski definition) is 1. The molecular weight excluding hydrogens is 164 g/mol. The fraction of sp³-hybridized carbons (Fsp3) is 1.00. The molecule has 1 atom stereocenters. The number of rotatable bonds is 3. The number of nitrogens with zero attached hydrogens (tertiary/aromatic N) is 1.